The van der Waals surface area contributed by atoms with Gasteiger partial charge in [-0.1, -0.05) is 54.1 Å². The number of benzene rings is 2. The molecule has 0 aliphatic heterocycles. The van der Waals surface area contributed by atoms with Gasteiger partial charge in [0.25, 0.3) is 5.91 Å². The second-order valence-corrected chi connectivity index (χ2v) is 4.85. The van der Waals surface area contributed by atoms with E-state index >= 15 is 0 Å². The fourth-order valence-corrected chi connectivity index (χ4v) is 2.35. The van der Waals surface area contributed by atoms with Gasteiger partial charge in [0.2, 0.25) is 0 Å². The van der Waals surface area contributed by atoms with Gasteiger partial charge in [0, 0.05) is 16.1 Å². The summed E-state index contributed by atoms with van der Waals surface area (Å²) >= 11 is 6.18. The Morgan fingerprint density at radius 3 is 2.33 bits per heavy atom. The van der Waals surface area contributed by atoms with E-state index in [1.54, 1.807) is 0 Å². The molecule has 0 unspecified atom stereocenters. The minimum Gasteiger partial charge on any atom is -0.364 e. The van der Waals surface area contributed by atoms with Gasteiger partial charge in [-0.2, -0.15) is 15.4 Å². The topological polar surface area (TPSA) is 84.7 Å². The molecule has 3 aromatic rings. The Bertz CT molecular complexity index is 795. The van der Waals surface area contributed by atoms with Gasteiger partial charge < -0.3 is 5.73 Å². The Morgan fingerprint density at radius 1 is 1.00 bits per heavy atom. The molecule has 1 aromatic heterocycles. The number of carbonyl (C=O) groups is 1. The Balaban J connectivity index is 2.00. The third kappa shape index (κ3) is 2.51. The number of halogens is 1. The van der Waals surface area contributed by atoms with Gasteiger partial charge in [-0.25, -0.2) is 0 Å². The van der Waals surface area contributed by atoms with Crippen LogP contribution in [0.15, 0.2) is 48.5 Å². The summed E-state index contributed by atoms with van der Waals surface area (Å²) in [6.07, 6.45) is 0. The van der Waals surface area contributed by atoms with Gasteiger partial charge in [0.15, 0.2) is 5.69 Å². The number of primary amides is 1. The smallest absolute Gasteiger partial charge is 0.271 e. The molecule has 0 spiro atoms. The summed E-state index contributed by atoms with van der Waals surface area (Å²) in [5.74, 6) is -0.617. The van der Waals surface area contributed by atoms with Crippen molar-refractivity contribution in [3.63, 3.8) is 0 Å². The monoisotopic (exact) mass is 298 g/mol. The van der Waals surface area contributed by atoms with E-state index in [4.69, 9.17) is 17.3 Å². The van der Waals surface area contributed by atoms with Crippen LogP contribution in [0.2, 0.25) is 5.02 Å². The third-order valence-electron chi connectivity index (χ3n) is 3.12. The Hall–Kier alpha value is -2.66. The molecule has 0 saturated heterocycles. The quantitative estimate of drug-likeness (QED) is 0.779. The molecule has 0 saturated carbocycles. The standard InChI is InChI=1S/C15H11ClN4O/c16-12-4-2-1-3-11(12)9-5-7-10(8-6-9)13-14(15(17)21)19-20-18-13/h1-8H,(H2,17,21)(H,18,19,20). The maximum absolute atomic E-state index is 11.3. The lowest BCUT2D eigenvalue weighted by Gasteiger charge is -2.05. The van der Waals surface area contributed by atoms with Gasteiger partial charge in [-0.3, -0.25) is 4.79 Å². The van der Waals surface area contributed by atoms with Crippen LogP contribution in [0.5, 0.6) is 0 Å². The molecule has 0 aliphatic rings. The van der Waals surface area contributed by atoms with Crippen LogP contribution in [0.4, 0.5) is 0 Å². The maximum atomic E-state index is 11.3. The van der Waals surface area contributed by atoms with Gasteiger partial charge in [-0.15, -0.1) is 0 Å². The second-order valence-electron chi connectivity index (χ2n) is 4.44. The summed E-state index contributed by atoms with van der Waals surface area (Å²) in [5.41, 5.74) is 8.51. The fraction of sp³-hybridized carbons (Fsp3) is 0. The van der Waals surface area contributed by atoms with Crippen molar-refractivity contribution in [3.8, 4) is 22.4 Å². The lowest BCUT2D eigenvalue weighted by atomic mass is 10.0. The highest BCUT2D eigenvalue weighted by Crippen LogP contribution is 2.29. The molecular weight excluding hydrogens is 288 g/mol. The predicted molar refractivity (Wildman–Crippen MR) is 80.8 cm³/mol. The molecule has 5 nitrogen and oxygen atoms in total. The van der Waals surface area contributed by atoms with Crippen molar-refractivity contribution in [1.82, 2.24) is 15.4 Å². The van der Waals surface area contributed by atoms with E-state index in [1.165, 1.54) is 0 Å². The number of hydrogen-bond donors (Lipinski definition) is 2. The van der Waals surface area contributed by atoms with Crippen LogP contribution in [-0.2, 0) is 0 Å². The van der Waals surface area contributed by atoms with Crippen molar-refractivity contribution >= 4 is 17.5 Å². The lowest BCUT2D eigenvalue weighted by Crippen LogP contribution is -2.12. The number of nitrogens with two attached hydrogens (primary N) is 1. The first-order valence-electron chi connectivity index (χ1n) is 6.22. The van der Waals surface area contributed by atoms with Gasteiger partial charge in [-0.05, 0) is 11.6 Å². The molecular formula is C15H11ClN4O. The highest BCUT2D eigenvalue weighted by atomic mass is 35.5. The number of H-pyrrole nitrogens is 1. The van der Waals surface area contributed by atoms with Crippen LogP contribution in [0, 0.1) is 0 Å². The Labute approximate surface area is 125 Å². The van der Waals surface area contributed by atoms with Crippen molar-refractivity contribution in [2.45, 2.75) is 0 Å². The van der Waals surface area contributed by atoms with Crippen LogP contribution < -0.4 is 5.73 Å². The number of carbonyl (C=O) groups excluding carboxylic acids is 1. The van der Waals surface area contributed by atoms with E-state index in [2.05, 4.69) is 15.4 Å². The van der Waals surface area contributed by atoms with Crippen molar-refractivity contribution in [3.05, 3.63) is 59.2 Å². The molecule has 1 amide bonds. The summed E-state index contributed by atoms with van der Waals surface area (Å²) in [5, 5.41) is 10.8. The van der Waals surface area contributed by atoms with E-state index in [1.807, 2.05) is 48.5 Å². The van der Waals surface area contributed by atoms with E-state index in [0.717, 1.165) is 16.7 Å². The minimum absolute atomic E-state index is 0.125. The first-order valence-corrected chi connectivity index (χ1v) is 6.60. The zero-order chi connectivity index (χ0) is 14.8. The van der Waals surface area contributed by atoms with Crippen molar-refractivity contribution in [1.29, 1.82) is 0 Å². The number of aromatic amines is 1. The molecule has 3 N–H and O–H groups in total. The van der Waals surface area contributed by atoms with Crippen LogP contribution in [0.1, 0.15) is 10.5 Å². The van der Waals surface area contributed by atoms with E-state index in [9.17, 15) is 4.79 Å². The van der Waals surface area contributed by atoms with Gasteiger partial charge in [0.05, 0.1) is 0 Å². The molecule has 6 heteroatoms. The summed E-state index contributed by atoms with van der Waals surface area (Å²) < 4.78 is 0. The highest BCUT2D eigenvalue weighted by molar-refractivity contribution is 6.33. The molecule has 0 atom stereocenters. The Kier molecular flexibility index (Phi) is 3.41. The minimum atomic E-state index is -0.617. The molecule has 3 rings (SSSR count). The predicted octanol–water partition coefficient (Wildman–Crippen LogP) is 2.89. The summed E-state index contributed by atoms with van der Waals surface area (Å²) in [4.78, 5) is 11.3. The lowest BCUT2D eigenvalue weighted by molar-refractivity contribution is 0.0996. The van der Waals surface area contributed by atoms with E-state index < -0.39 is 5.91 Å². The third-order valence-corrected chi connectivity index (χ3v) is 3.45. The summed E-state index contributed by atoms with van der Waals surface area (Å²) in [7, 11) is 0. The zero-order valence-corrected chi connectivity index (χ0v) is 11.6. The highest BCUT2D eigenvalue weighted by Gasteiger charge is 2.15. The zero-order valence-electron chi connectivity index (χ0n) is 10.9. The molecule has 21 heavy (non-hydrogen) atoms. The number of aromatic nitrogens is 3. The van der Waals surface area contributed by atoms with Crippen LogP contribution in [-0.4, -0.2) is 21.3 Å². The number of nitrogens with one attached hydrogen (secondary N) is 1. The molecule has 0 radical (unpaired) electrons. The van der Waals surface area contributed by atoms with Crippen LogP contribution in [0.25, 0.3) is 22.4 Å². The summed E-state index contributed by atoms with van der Waals surface area (Å²) in [6, 6.07) is 15.1. The first-order chi connectivity index (χ1) is 10.2. The molecule has 2 aromatic carbocycles. The van der Waals surface area contributed by atoms with Crippen molar-refractivity contribution in [2.24, 2.45) is 5.73 Å². The number of rotatable bonds is 3. The largest absolute Gasteiger partial charge is 0.364 e. The normalized spacial score (nSPS) is 10.5. The fourth-order valence-electron chi connectivity index (χ4n) is 2.11. The molecule has 104 valence electrons. The van der Waals surface area contributed by atoms with Crippen molar-refractivity contribution < 1.29 is 4.79 Å². The number of amides is 1. The molecule has 0 bridgehead atoms. The number of hydrogen-bond acceptors (Lipinski definition) is 3. The van der Waals surface area contributed by atoms with Gasteiger partial charge >= 0.3 is 0 Å². The Morgan fingerprint density at radius 2 is 1.67 bits per heavy atom. The average Bonchev–Trinajstić information content (AvgIpc) is 2.98. The molecule has 1 heterocycles. The second kappa shape index (κ2) is 5.38. The van der Waals surface area contributed by atoms with Crippen LogP contribution >= 0.6 is 11.6 Å². The first kappa shape index (κ1) is 13.3. The average molecular weight is 299 g/mol. The van der Waals surface area contributed by atoms with Gasteiger partial charge in [0.1, 0.15) is 5.69 Å². The molecule has 0 aliphatic carbocycles. The molecule has 0 fully saturated rings. The maximum Gasteiger partial charge on any atom is 0.271 e. The summed E-state index contributed by atoms with van der Waals surface area (Å²) in [6.45, 7) is 0. The van der Waals surface area contributed by atoms with E-state index in [-0.39, 0.29) is 5.69 Å². The van der Waals surface area contributed by atoms with Crippen molar-refractivity contribution in [2.75, 3.05) is 0 Å². The number of nitrogens with zero attached hydrogens (tertiary/aromatic N) is 2. The van der Waals surface area contributed by atoms with Crippen LogP contribution in [0.3, 0.4) is 0 Å². The van der Waals surface area contributed by atoms with E-state index in [0.29, 0.717) is 10.7 Å². The SMILES string of the molecule is NC(=O)c1n[nH]nc1-c1ccc(-c2ccccc2Cl)cc1.